The van der Waals surface area contributed by atoms with Crippen molar-refractivity contribution in [1.82, 2.24) is 5.32 Å². The standard InChI is InChI=1S/C14H13FN2O3S/c15-10-3-1-9(2-4-10)12(18)7-16-13(19)14(20)17-11-5-6-21-8-11/h1-6,8,12,18H,7H2,(H,16,19)(H,17,20). The van der Waals surface area contributed by atoms with Crippen LogP contribution in [0.25, 0.3) is 0 Å². The van der Waals surface area contributed by atoms with Gasteiger partial charge in [-0.3, -0.25) is 9.59 Å². The molecule has 3 N–H and O–H groups in total. The second kappa shape index (κ2) is 6.96. The van der Waals surface area contributed by atoms with E-state index in [4.69, 9.17) is 0 Å². The molecule has 0 aliphatic heterocycles. The van der Waals surface area contributed by atoms with E-state index in [1.54, 1.807) is 16.8 Å². The van der Waals surface area contributed by atoms with Gasteiger partial charge in [-0.25, -0.2) is 4.39 Å². The zero-order valence-corrected chi connectivity index (χ0v) is 11.7. The number of benzene rings is 1. The van der Waals surface area contributed by atoms with Gasteiger partial charge in [-0.15, -0.1) is 0 Å². The topological polar surface area (TPSA) is 78.4 Å². The number of amides is 2. The van der Waals surface area contributed by atoms with Crippen molar-refractivity contribution >= 4 is 28.8 Å². The molecule has 1 aromatic carbocycles. The predicted molar refractivity (Wildman–Crippen MR) is 77.3 cm³/mol. The summed E-state index contributed by atoms with van der Waals surface area (Å²) in [5, 5.41) is 18.0. The summed E-state index contributed by atoms with van der Waals surface area (Å²) in [5.41, 5.74) is 0.995. The number of rotatable bonds is 4. The smallest absolute Gasteiger partial charge is 0.313 e. The molecule has 0 radical (unpaired) electrons. The summed E-state index contributed by atoms with van der Waals surface area (Å²) >= 11 is 1.39. The molecule has 1 atom stereocenters. The highest BCUT2D eigenvalue weighted by molar-refractivity contribution is 7.08. The van der Waals surface area contributed by atoms with Crippen LogP contribution in [-0.4, -0.2) is 23.5 Å². The van der Waals surface area contributed by atoms with Gasteiger partial charge in [-0.2, -0.15) is 11.3 Å². The van der Waals surface area contributed by atoms with E-state index < -0.39 is 23.7 Å². The normalized spacial score (nSPS) is 11.7. The third kappa shape index (κ3) is 4.37. The molecule has 0 spiro atoms. The Morgan fingerprint density at radius 1 is 1.19 bits per heavy atom. The van der Waals surface area contributed by atoms with Crippen molar-refractivity contribution < 1.29 is 19.1 Å². The molecule has 0 aliphatic rings. The van der Waals surface area contributed by atoms with Crippen molar-refractivity contribution in [1.29, 1.82) is 0 Å². The number of carbonyl (C=O) groups is 2. The van der Waals surface area contributed by atoms with Crippen LogP contribution in [0.2, 0.25) is 0 Å². The van der Waals surface area contributed by atoms with E-state index >= 15 is 0 Å². The van der Waals surface area contributed by atoms with Crippen LogP contribution in [0.3, 0.4) is 0 Å². The van der Waals surface area contributed by atoms with Gasteiger partial charge in [-0.1, -0.05) is 12.1 Å². The monoisotopic (exact) mass is 308 g/mol. The number of aliphatic hydroxyl groups excluding tert-OH is 1. The quantitative estimate of drug-likeness (QED) is 0.752. The lowest BCUT2D eigenvalue weighted by atomic mass is 10.1. The maximum atomic E-state index is 12.7. The number of carbonyl (C=O) groups excluding carboxylic acids is 2. The maximum Gasteiger partial charge on any atom is 0.313 e. The first-order chi connectivity index (χ1) is 10.1. The van der Waals surface area contributed by atoms with Crippen molar-refractivity contribution in [2.45, 2.75) is 6.10 Å². The Hall–Kier alpha value is -2.25. The summed E-state index contributed by atoms with van der Waals surface area (Å²) in [5.74, 6) is -2.06. The van der Waals surface area contributed by atoms with Gasteiger partial charge in [0.1, 0.15) is 5.82 Å². The van der Waals surface area contributed by atoms with Gasteiger partial charge in [0.25, 0.3) is 0 Å². The van der Waals surface area contributed by atoms with Gasteiger partial charge in [0.05, 0.1) is 11.8 Å². The molecule has 2 rings (SSSR count). The molecule has 1 aromatic heterocycles. The molecule has 0 fully saturated rings. The Kier molecular flexibility index (Phi) is 5.02. The first kappa shape index (κ1) is 15.1. The molecule has 2 amide bonds. The van der Waals surface area contributed by atoms with E-state index in [1.807, 2.05) is 0 Å². The minimum atomic E-state index is -1.01. The van der Waals surface area contributed by atoms with Crippen LogP contribution < -0.4 is 10.6 Å². The first-order valence-electron chi connectivity index (χ1n) is 6.11. The fraction of sp³-hybridized carbons (Fsp3) is 0.143. The number of nitrogens with one attached hydrogen (secondary N) is 2. The van der Waals surface area contributed by atoms with Crippen LogP contribution in [0.15, 0.2) is 41.1 Å². The van der Waals surface area contributed by atoms with E-state index in [-0.39, 0.29) is 6.54 Å². The molecule has 0 saturated carbocycles. The fourth-order valence-electron chi connectivity index (χ4n) is 1.60. The lowest BCUT2D eigenvalue weighted by Crippen LogP contribution is -2.37. The highest BCUT2D eigenvalue weighted by Gasteiger charge is 2.16. The van der Waals surface area contributed by atoms with Gasteiger partial charge in [-0.05, 0) is 29.1 Å². The summed E-state index contributed by atoms with van der Waals surface area (Å²) in [7, 11) is 0. The van der Waals surface area contributed by atoms with Crippen LogP contribution >= 0.6 is 11.3 Å². The van der Waals surface area contributed by atoms with Crippen LogP contribution in [0.4, 0.5) is 10.1 Å². The van der Waals surface area contributed by atoms with Crippen LogP contribution in [0, 0.1) is 5.82 Å². The third-order valence-corrected chi connectivity index (χ3v) is 3.38. The summed E-state index contributed by atoms with van der Waals surface area (Å²) < 4.78 is 12.7. The average Bonchev–Trinajstić information content (AvgIpc) is 2.98. The second-order valence-corrected chi connectivity index (χ2v) is 5.02. The number of thiophene rings is 1. The molecule has 1 unspecified atom stereocenters. The Morgan fingerprint density at radius 2 is 1.90 bits per heavy atom. The Morgan fingerprint density at radius 3 is 2.52 bits per heavy atom. The molecule has 2 aromatic rings. The zero-order chi connectivity index (χ0) is 15.2. The predicted octanol–water partition coefficient (Wildman–Crippen LogP) is 1.68. The Bertz CT molecular complexity index is 614. The number of hydrogen-bond acceptors (Lipinski definition) is 4. The van der Waals surface area contributed by atoms with Gasteiger partial charge in [0.15, 0.2) is 0 Å². The van der Waals surface area contributed by atoms with Crippen molar-refractivity contribution in [3.8, 4) is 0 Å². The van der Waals surface area contributed by atoms with Crippen molar-refractivity contribution in [2.24, 2.45) is 0 Å². The molecule has 21 heavy (non-hydrogen) atoms. The molecule has 110 valence electrons. The Balaban J connectivity index is 1.83. The zero-order valence-electron chi connectivity index (χ0n) is 10.9. The number of hydrogen-bond donors (Lipinski definition) is 3. The molecule has 7 heteroatoms. The van der Waals surface area contributed by atoms with Crippen molar-refractivity contribution in [2.75, 3.05) is 11.9 Å². The molecule has 0 saturated heterocycles. The molecule has 5 nitrogen and oxygen atoms in total. The second-order valence-electron chi connectivity index (χ2n) is 4.24. The molecule has 1 heterocycles. The highest BCUT2D eigenvalue weighted by atomic mass is 32.1. The molecule has 0 bridgehead atoms. The minimum absolute atomic E-state index is 0.137. The highest BCUT2D eigenvalue weighted by Crippen LogP contribution is 2.13. The van der Waals surface area contributed by atoms with Crippen LogP contribution in [-0.2, 0) is 9.59 Å². The lowest BCUT2D eigenvalue weighted by Gasteiger charge is -2.12. The lowest BCUT2D eigenvalue weighted by molar-refractivity contribution is -0.136. The summed E-state index contributed by atoms with van der Waals surface area (Å²) in [6.45, 7) is -0.137. The van der Waals surface area contributed by atoms with Gasteiger partial charge in [0.2, 0.25) is 0 Å². The van der Waals surface area contributed by atoms with E-state index in [1.165, 1.54) is 35.6 Å². The van der Waals surface area contributed by atoms with E-state index in [0.29, 0.717) is 11.3 Å². The molecule has 0 aliphatic carbocycles. The summed E-state index contributed by atoms with van der Waals surface area (Å²) in [6, 6.07) is 6.92. The van der Waals surface area contributed by atoms with Gasteiger partial charge >= 0.3 is 11.8 Å². The van der Waals surface area contributed by atoms with Crippen LogP contribution in [0.1, 0.15) is 11.7 Å². The number of anilines is 1. The summed E-state index contributed by atoms with van der Waals surface area (Å²) in [6.07, 6.45) is -1.01. The third-order valence-electron chi connectivity index (χ3n) is 2.70. The van der Waals surface area contributed by atoms with E-state index in [0.717, 1.165) is 0 Å². The Labute approximate surface area is 124 Å². The summed E-state index contributed by atoms with van der Waals surface area (Å²) in [4.78, 5) is 23.1. The largest absolute Gasteiger partial charge is 0.387 e. The fourth-order valence-corrected chi connectivity index (χ4v) is 2.18. The van der Waals surface area contributed by atoms with Gasteiger partial charge < -0.3 is 15.7 Å². The minimum Gasteiger partial charge on any atom is -0.387 e. The van der Waals surface area contributed by atoms with E-state index in [2.05, 4.69) is 10.6 Å². The first-order valence-corrected chi connectivity index (χ1v) is 7.05. The van der Waals surface area contributed by atoms with E-state index in [9.17, 15) is 19.1 Å². The maximum absolute atomic E-state index is 12.7. The molecular formula is C14H13FN2O3S. The van der Waals surface area contributed by atoms with Crippen LogP contribution in [0.5, 0.6) is 0 Å². The molecular weight excluding hydrogens is 295 g/mol. The van der Waals surface area contributed by atoms with Crippen molar-refractivity contribution in [3.63, 3.8) is 0 Å². The van der Waals surface area contributed by atoms with Crippen molar-refractivity contribution in [3.05, 3.63) is 52.5 Å². The van der Waals surface area contributed by atoms with Gasteiger partial charge in [0, 0.05) is 11.9 Å². The number of halogens is 1. The number of aliphatic hydroxyl groups is 1. The SMILES string of the molecule is O=C(NCC(O)c1ccc(F)cc1)C(=O)Nc1ccsc1. The average molecular weight is 308 g/mol.